The van der Waals surface area contributed by atoms with Gasteiger partial charge in [-0.15, -0.1) is 0 Å². The van der Waals surface area contributed by atoms with E-state index in [2.05, 4.69) is 24.5 Å². The topological polar surface area (TPSA) is 61.8 Å². The molecule has 2 saturated heterocycles. The number of alkyl halides is 3. The first kappa shape index (κ1) is 24.5. The molecule has 11 heteroatoms. The second kappa shape index (κ2) is 10.8. The summed E-state index contributed by atoms with van der Waals surface area (Å²) in [5.41, 5.74) is 0.244. The Morgan fingerprint density at radius 2 is 1.94 bits per heavy atom. The maximum absolute atomic E-state index is 13.0. The third-order valence-electron chi connectivity index (χ3n) is 6.10. The van der Waals surface area contributed by atoms with E-state index in [1.54, 1.807) is 11.1 Å². The number of anilines is 1. The van der Waals surface area contributed by atoms with Crippen LogP contribution in [0.1, 0.15) is 23.2 Å². The molecule has 0 bridgehead atoms. The van der Waals surface area contributed by atoms with E-state index in [-0.39, 0.29) is 22.4 Å². The Morgan fingerprint density at radius 1 is 1.15 bits per heavy atom. The summed E-state index contributed by atoms with van der Waals surface area (Å²) in [6, 6.07) is 7.25. The van der Waals surface area contributed by atoms with Crippen LogP contribution in [0.4, 0.5) is 19.0 Å². The zero-order valence-corrected chi connectivity index (χ0v) is 19.4. The zero-order valence-electron chi connectivity index (χ0n) is 18.7. The highest BCUT2D eigenvalue weighted by Gasteiger charge is 2.30. The second-order valence-electron chi connectivity index (χ2n) is 8.65. The van der Waals surface area contributed by atoms with Gasteiger partial charge in [-0.05, 0) is 37.0 Å². The summed E-state index contributed by atoms with van der Waals surface area (Å²) in [5, 5.41) is -0.116. The van der Waals surface area contributed by atoms with Crippen LogP contribution in [0.5, 0.6) is 5.88 Å². The maximum atomic E-state index is 13.0. The Bertz CT molecular complexity index is 971. The lowest BCUT2D eigenvalue weighted by Crippen LogP contribution is -2.50. The van der Waals surface area contributed by atoms with Crippen molar-refractivity contribution in [3.8, 4) is 5.88 Å². The molecule has 2 aliphatic heterocycles. The number of carbonyl (C=O) groups is 1. The van der Waals surface area contributed by atoms with Crippen molar-refractivity contribution < 1.29 is 22.7 Å². The van der Waals surface area contributed by atoms with Gasteiger partial charge in [0.25, 0.3) is 5.91 Å². The number of rotatable bonds is 6. The predicted molar refractivity (Wildman–Crippen MR) is 122 cm³/mol. The zero-order chi connectivity index (χ0) is 24.1. The molecule has 1 amide bonds. The van der Waals surface area contributed by atoms with Gasteiger partial charge in [0.2, 0.25) is 5.88 Å². The smallest absolute Gasteiger partial charge is 0.422 e. The molecule has 0 aliphatic carbocycles. The standard InChI is InChI=1S/C23H27ClF3N5O2/c24-19-12-18(13-29-21(19)34-16-23(25,26)27)22(33)32-7-3-4-17(15-32)14-30-8-10-31(11-9-30)20-5-1-2-6-28-20/h1-2,5-6,12-13,17H,3-4,7-11,14-16H2. The van der Waals surface area contributed by atoms with Crippen molar-refractivity contribution in [3.05, 3.63) is 47.2 Å². The molecule has 2 aromatic heterocycles. The summed E-state index contributed by atoms with van der Waals surface area (Å²) in [6.07, 6.45) is 0.487. The van der Waals surface area contributed by atoms with Crippen LogP contribution in [-0.4, -0.2) is 84.3 Å². The fraction of sp³-hybridized carbons (Fsp3) is 0.522. The number of piperidine rings is 1. The van der Waals surface area contributed by atoms with E-state index in [0.29, 0.717) is 19.0 Å². The van der Waals surface area contributed by atoms with Crippen molar-refractivity contribution in [2.45, 2.75) is 19.0 Å². The summed E-state index contributed by atoms with van der Waals surface area (Å²) in [4.78, 5) is 27.7. The summed E-state index contributed by atoms with van der Waals surface area (Å²) in [5.74, 6) is 0.800. The van der Waals surface area contributed by atoms with Gasteiger partial charge in [0.15, 0.2) is 6.61 Å². The van der Waals surface area contributed by atoms with Gasteiger partial charge >= 0.3 is 6.18 Å². The van der Waals surface area contributed by atoms with Gasteiger partial charge in [0, 0.05) is 58.2 Å². The number of piperazine rings is 1. The van der Waals surface area contributed by atoms with E-state index in [0.717, 1.165) is 51.4 Å². The van der Waals surface area contributed by atoms with Crippen LogP contribution in [0.25, 0.3) is 0 Å². The quantitative estimate of drug-likeness (QED) is 0.606. The van der Waals surface area contributed by atoms with E-state index < -0.39 is 12.8 Å². The van der Waals surface area contributed by atoms with Gasteiger partial charge in [0.05, 0.1) is 5.56 Å². The summed E-state index contributed by atoms with van der Waals surface area (Å²) < 4.78 is 41.7. The molecule has 2 fully saturated rings. The summed E-state index contributed by atoms with van der Waals surface area (Å²) in [7, 11) is 0. The normalized spacial score (nSPS) is 19.8. The molecule has 4 rings (SSSR count). The molecular formula is C23H27ClF3N5O2. The minimum atomic E-state index is -4.49. The van der Waals surface area contributed by atoms with Crippen LogP contribution in [0.3, 0.4) is 0 Å². The Morgan fingerprint density at radius 3 is 2.62 bits per heavy atom. The molecule has 34 heavy (non-hydrogen) atoms. The fourth-order valence-corrected chi connectivity index (χ4v) is 4.67. The highest BCUT2D eigenvalue weighted by Crippen LogP contribution is 2.27. The molecular weight excluding hydrogens is 471 g/mol. The first-order chi connectivity index (χ1) is 16.3. The van der Waals surface area contributed by atoms with E-state index in [9.17, 15) is 18.0 Å². The van der Waals surface area contributed by atoms with Crippen LogP contribution in [0.2, 0.25) is 5.02 Å². The first-order valence-electron chi connectivity index (χ1n) is 11.3. The molecule has 0 aromatic carbocycles. The monoisotopic (exact) mass is 497 g/mol. The van der Waals surface area contributed by atoms with E-state index in [1.165, 1.54) is 12.3 Å². The Kier molecular flexibility index (Phi) is 7.77. The molecule has 1 atom stereocenters. The number of pyridine rings is 2. The molecule has 1 unspecified atom stereocenters. The number of halogens is 4. The number of amides is 1. The molecule has 0 radical (unpaired) electrons. The van der Waals surface area contributed by atoms with Crippen molar-refractivity contribution in [2.24, 2.45) is 5.92 Å². The minimum absolute atomic E-state index is 0.116. The molecule has 4 heterocycles. The van der Waals surface area contributed by atoms with Crippen LogP contribution in [-0.2, 0) is 0 Å². The number of aromatic nitrogens is 2. The maximum Gasteiger partial charge on any atom is 0.422 e. The lowest BCUT2D eigenvalue weighted by molar-refractivity contribution is -0.154. The molecule has 7 nitrogen and oxygen atoms in total. The number of nitrogens with zero attached hydrogens (tertiary/aromatic N) is 5. The Labute approximate surface area is 201 Å². The summed E-state index contributed by atoms with van der Waals surface area (Å²) in [6.45, 7) is 4.41. The van der Waals surface area contributed by atoms with Gasteiger partial charge < -0.3 is 14.5 Å². The number of carbonyl (C=O) groups excluding carboxylic acids is 1. The van der Waals surface area contributed by atoms with Crippen molar-refractivity contribution in [2.75, 3.05) is 57.3 Å². The average Bonchev–Trinajstić information content (AvgIpc) is 2.83. The lowest BCUT2D eigenvalue weighted by Gasteiger charge is -2.39. The molecule has 0 saturated carbocycles. The lowest BCUT2D eigenvalue weighted by atomic mass is 9.96. The minimum Gasteiger partial charge on any atom is -0.467 e. The van der Waals surface area contributed by atoms with Crippen LogP contribution < -0.4 is 9.64 Å². The van der Waals surface area contributed by atoms with E-state index >= 15 is 0 Å². The number of likely N-dealkylation sites (tertiary alicyclic amines) is 1. The Hall–Kier alpha value is -2.59. The highest BCUT2D eigenvalue weighted by atomic mass is 35.5. The van der Waals surface area contributed by atoms with Gasteiger partial charge in [-0.3, -0.25) is 9.69 Å². The van der Waals surface area contributed by atoms with Crippen LogP contribution >= 0.6 is 11.6 Å². The molecule has 0 spiro atoms. The second-order valence-corrected chi connectivity index (χ2v) is 9.06. The largest absolute Gasteiger partial charge is 0.467 e. The number of hydrogen-bond donors (Lipinski definition) is 0. The van der Waals surface area contributed by atoms with Gasteiger partial charge in [-0.25, -0.2) is 9.97 Å². The third-order valence-corrected chi connectivity index (χ3v) is 6.37. The number of ether oxygens (including phenoxy) is 1. The van der Waals surface area contributed by atoms with Gasteiger partial charge in [0.1, 0.15) is 10.8 Å². The van der Waals surface area contributed by atoms with E-state index in [4.69, 9.17) is 11.6 Å². The fourth-order valence-electron chi connectivity index (χ4n) is 4.45. The SMILES string of the molecule is O=C(c1cnc(OCC(F)(F)F)c(Cl)c1)N1CCCC(CN2CCN(c3ccccn3)CC2)C1. The highest BCUT2D eigenvalue weighted by molar-refractivity contribution is 6.32. The van der Waals surface area contributed by atoms with E-state index in [1.807, 2.05) is 18.2 Å². The van der Waals surface area contributed by atoms with Gasteiger partial charge in [-0.1, -0.05) is 17.7 Å². The number of hydrogen-bond acceptors (Lipinski definition) is 6. The Balaban J connectivity index is 1.29. The third kappa shape index (κ3) is 6.50. The predicted octanol–water partition coefficient (Wildman–Crippen LogP) is 3.75. The van der Waals surface area contributed by atoms with Crippen LogP contribution in [0, 0.1) is 5.92 Å². The van der Waals surface area contributed by atoms with Crippen molar-refractivity contribution in [1.82, 2.24) is 19.8 Å². The molecule has 2 aliphatic rings. The first-order valence-corrected chi connectivity index (χ1v) is 11.7. The average molecular weight is 498 g/mol. The van der Waals surface area contributed by atoms with Crippen molar-refractivity contribution in [3.63, 3.8) is 0 Å². The van der Waals surface area contributed by atoms with Crippen molar-refractivity contribution in [1.29, 1.82) is 0 Å². The molecule has 2 aromatic rings. The van der Waals surface area contributed by atoms with Gasteiger partial charge in [-0.2, -0.15) is 13.2 Å². The van der Waals surface area contributed by atoms with Crippen molar-refractivity contribution >= 4 is 23.3 Å². The van der Waals surface area contributed by atoms with Crippen LogP contribution in [0.15, 0.2) is 36.7 Å². The molecule has 184 valence electrons. The molecule has 0 N–H and O–H groups in total. The summed E-state index contributed by atoms with van der Waals surface area (Å²) >= 11 is 6.01.